The van der Waals surface area contributed by atoms with E-state index in [1.54, 1.807) is 6.33 Å². The molecule has 5 aromatic rings. The van der Waals surface area contributed by atoms with Crippen LogP contribution in [-0.2, 0) is 36.7 Å². The summed E-state index contributed by atoms with van der Waals surface area (Å²) in [5.74, 6) is 0.547. The number of hydrogen-bond donors (Lipinski definition) is 1. The number of nitrogens with zero attached hydrogens (tertiary/aromatic N) is 2. The van der Waals surface area contributed by atoms with Gasteiger partial charge in [-0.1, -0.05) is 141 Å². The molecule has 0 spiro atoms. The summed E-state index contributed by atoms with van der Waals surface area (Å²) < 4.78 is 0. The van der Waals surface area contributed by atoms with Crippen LogP contribution in [0.2, 0.25) is 0 Å². The Kier molecular flexibility index (Phi) is 16.1. The summed E-state index contributed by atoms with van der Waals surface area (Å²) in [6.45, 7) is 23.8. The molecule has 1 heterocycles. The predicted octanol–water partition coefficient (Wildman–Crippen LogP) is 13.5. The normalized spacial score (nSPS) is 12.1. The van der Waals surface area contributed by atoms with Gasteiger partial charge in [0.2, 0.25) is 0 Å². The van der Waals surface area contributed by atoms with Gasteiger partial charge in [0.25, 0.3) is 0 Å². The molecule has 1 radical (unpaired) electrons. The second kappa shape index (κ2) is 19.6. The second-order valence-electron chi connectivity index (χ2n) is 16.6. The quantitative estimate of drug-likeness (QED) is 0.0815. The standard InChI is InChI=1S/C36H37N2.C13H24O2.Ir/c1-24-18-27(26-14-12-25(13-15-26)22-35(2,3)4)16-17-30(24)34-21-33(37-23-38-34)29-19-28-10-8-9-11-31(28)32(20-29)36(5,6)7;1-5-10(6-2)12(14)9-13(15)11(7-3)8-4;/h8-18,20-21,23H,22H2,1-7H3;9-11,14H,5-8H2,1-4H3;/q-1;;/b;12-9-;. The van der Waals surface area contributed by atoms with Crippen molar-refractivity contribution in [2.75, 3.05) is 0 Å². The van der Waals surface area contributed by atoms with Gasteiger partial charge in [-0.2, -0.15) is 0 Å². The first-order chi connectivity index (χ1) is 25.1. The van der Waals surface area contributed by atoms with Gasteiger partial charge in [-0.25, -0.2) is 4.98 Å². The van der Waals surface area contributed by atoms with E-state index in [0.29, 0.717) is 0 Å². The van der Waals surface area contributed by atoms with Gasteiger partial charge in [-0.15, -0.1) is 29.1 Å². The van der Waals surface area contributed by atoms with Crippen LogP contribution in [0.5, 0.6) is 0 Å². The van der Waals surface area contributed by atoms with Crippen LogP contribution in [0.15, 0.2) is 97.0 Å². The summed E-state index contributed by atoms with van der Waals surface area (Å²) in [7, 11) is 0. The average Bonchev–Trinajstić information content (AvgIpc) is 3.11. The van der Waals surface area contributed by atoms with Crippen LogP contribution in [0, 0.1) is 30.2 Å². The van der Waals surface area contributed by atoms with E-state index in [9.17, 15) is 9.90 Å². The van der Waals surface area contributed by atoms with Crippen molar-refractivity contribution in [1.82, 2.24) is 9.97 Å². The summed E-state index contributed by atoms with van der Waals surface area (Å²) >= 11 is 0. The molecule has 4 aromatic carbocycles. The van der Waals surface area contributed by atoms with Gasteiger partial charge >= 0.3 is 0 Å². The molecule has 0 aliphatic rings. The van der Waals surface area contributed by atoms with E-state index in [1.165, 1.54) is 39.3 Å². The van der Waals surface area contributed by atoms with E-state index in [-0.39, 0.29) is 54.3 Å². The molecule has 4 nitrogen and oxygen atoms in total. The minimum Gasteiger partial charge on any atom is -0.512 e. The van der Waals surface area contributed by atoms with Crippen molar-refractivity contribution < 1.29 is 30.0 Å². The van der Waals surface area contributed by atoms with Gasteiger partial charge in [-0.3, -0.25) is 9.78 Å². The predicted molar refractivity (Wildman–Crippen MR) is 225 cm³/mol. The Morgan fingerprint density at radius 3 is 1.93 bits per heavy atom. The molecule has 1 N–H and O–H groups in total. The molecule has 0 atom stereocenters. The molecule has 5 heteroatoms. The number of aryl methyl sites for hydroxylation is 1. The van der Waals surface area contributed by atoms with Gasteiger partial charge in [0.15, 0.2) is 5.78 Å². The van der Waals surface area contributed by atoms with Crippen LogP contribution in [0.1, 0.15) is 112 Å². The molecule has 0 saturated heterocycles. The SMILES string of the molecule is CCC(CC)C(=O)/C=C(\O)C(CC)CC.Cc1cc(-c2ccc(CC(C)(C)C)cc2)ccc1-c1cc(-c2[c-]c3ccccc3c(C(C)(C)C)c2)ncn1.[Ir]. The molecule has 0 aliphatic carbocycles. The van der Waals surface area contributed by atoms with Crippen LogP contribution >= 0.6 is 0 Å². The van der Waals surface area contributed by atoms with Crippen molar-refractivity contribution in [1.29, 1.82) is 0 Å². The third-order valence-corrected chi connectivity index (χ3v) is 10.1. The van der Waals surface area contributed by atoms with Gasteiger partial charge in [0, 0.05) is 49.3 Å². The van der Waals surface area contributed by atoms with E-state index in [2.05, 4.69) is 143 Å². The summed E-state index contributed by atoms with van der Waals surface area (Å²) in [4.78, 5) is 21.0. The fraction of sp³-hybridized carbons (Fsp3) is 0.408. The number of rotatable bonds is 11. The number of ketones is 1. The molecule has 5 rings (SSSR count). The number of fused-ring (bicyclic) bond motifs is 1. The van der Waals surface area contributed by atoms with E-state index >= 15 is 0 Å². The fourth-order valence-corrected chi connectivity index (χ4v) is 6.98. The van der Waals surface area contributed by atoms with E-state index < -0.39 is 0 Å². The minimum absolute atomic E-state index is 0. The average molecular weight is 902 g/mol. The Labute approximate surface area is 339 Å². The summed E-state index contributed by atoms with van der Waals surface area (Å²) in [6.07, 6.45) is 7.66. The van der Waals surface area contributed by atoms with Crippen LogP contribution < -0.4 is 0 Å². The van der Waals surface area contributed by atoms with Crippen LogP contribution in [0.3, 0.4) is 0 Å². The Hall–Kier alpha value is -3.92. The number of carbonyl (C=O) groups excluding carboxylic acids is 1. The third-order valence-electron chi connectivity index (χ3n) is 10.1. The molecule has 1 aromatic heterocycles. The Morgan fingerprint density at radius 2 is 1.35 bits per heavy atom. The molecule has 0 bridgehead atoms. The van der Waals surface area contributed by atoms with Crippen molar-refractivity contribution in [3.8, 4) is 33.6 Å². The van der Waals surface area contributed by atoms with Crippen LogP contribution in [0.4, 0.5) is 0 Å². The molecule has 0 saturated carbocycles. The Balaban J connectivity index is 0.000000418. The first-order valence-corrected chi connectivity index (χ1v) is 19.5. The van der Waals surface area contributed by atoms with Crippen LogP contribution in [-0.4, -0.2) is 20.9 Å². The Morgan fingerprint density at radius 1 is 0.759 bits per heavy atom. The molecule has 0 aliphatic heterocycles. The largest absolute Gasteiger partial charge is 0.512 e. The fourth-order valence-electron chi connectivity index (χ4n) is 6.98. The molecular weight excluding hydrogens is 841 g/mol. The Bertz CT molecular complexity index is 2010. The van der Waals surface area contributed by atoms with E-state index in [4.69, 9.17) is 0 Å². The van der Waals surface area contributed by atoms with Crippen molar-refractivity contribution in [2.24, 2.45) is 17.3 Å². The molecule has 0 unspecified atom stereocenters. The number of carbonyl (C=O) groups is 1. The maximum atomic E-state index is 11.7. The van der Waals surface area contributed by atoms with Crippen molar-refractivity contribution in [3.05, 3.63) is 120 Å². The maximum Gasteiger partial charge on any atom is 0.162 e. The summed E-state index contributed by atoms with van der Waals surface area (Å²) in [5.41, 5.74) is 10.6. The third kappa shape index (κ3) is 11.8. The topological polar surface area (TPSA) is 63.1 Å². The number of aromatic nitrogens is 2. The smallest absolute Gasteiger partial charge is 0.162 e. The van der Waals surface area contributed by atoms with Gasteiger partial charge in [-0.05, 0) is 78.2 Å². The zero-order valence-electron chi connectivity index (χ0n) is 34.4. The van der Waals surface area contributed by atoms with Gasteiger partial charge < -0.3 is 5.11 Å². The number of aliphatic hydroxyl groups is 1. The van der Waals surface area contributed by atoms with Crippen molar-refractivity contribution in [3.63, 3.8) is 0 Å². The van der Waals surface area contributed by atoms with Crippen molar-refractivity contribution in [2.45, 2.75) is 114 Å². The molecule has 54 heavy (non-hydrogen) atoms. The van der Waals surface area contributed by atoms with Gasteiger partial charge in [0.05, 0.1) is 11.5 Å². The molecule has 0 fully saturated rings. The number of hydrogen-bond acceptors (Lipinski definition) is 4. The molecule has 0 amide bonds. The zero-order valence-corrected chi connectivity index (χ0v) is 36.8. The van der Waals surface area contributed by atoms with Crippen LogP contribution in [0.25, 0.3) is 44.4 Å². The number of allylic oxidation sites excluding steroid dienone is 2. The number of aliphatic hydroxyl groups excluding tert-OH is 1. The molecular formula is C49H61IrN2O2-. The van der Waals surface area contributed by atoms with E-state index in [1.807, 2.05) is 27.7 Å². The summed E-state index contributed by atoms with van der Waals surface area (Å²) in [5, 5.41) is 12.1. The van der Waals surface area contributed by atoms with E-state index in [0.717, 1.165) is 60.0 Å². The maximum absolute atomic E-state index is 11.7. The second-order valence-corrected chi connectivity index (χ2v) is 16.6. The summed E-state index contributed by atoms with van der Waals surface area (Å²) in [6, 6.07) is 32.1. The first kappa shape index (κ1) is 44.5. The monoisotopic (exact) mass is 902 g/mol. The van der Waals surface area contributed by atoms with Gasteiger partial charge in [0.1, 0.15) is 6.33 Å². The zero-order chi connectivity index (χ0) is 38.9. The first-order valence-electron chi connectivity index (χ1n) is 19.5. The molecule has 289 valence electrons. The number of benzene rings is 4. The minimum atomic E-state index is 0. The van der Waals surface area contributed by atoms with Crippen molar-refractivity contribution >= 4 is 16.6 Å².